The van der Waals surface area contributed by atoms with Gasteiger partial charge in [-0.3, -0.25) is 9.59 Å². The minimum Gasteiger partial charge on any atom is -0.336 e. The summed E-state index contributed by atoms with van der Waals surface area (Å²) in [4.78, 5) is 26.2. The lowest BCUT2D eigenvalue weighted by Gasteiger charge is -2.18. The van der Waals surface area contributed by atoms with Crippen molar-refractivity contribution in [3.8, 4) is 5.69 Å². The Labute approximate surface area is 150 Å². The van der Waals surface area contributed by atoms with Crippen molar-refractivity contribution in [1.29, 1.82) is 0 Å². The molecular weight excluding hydrogens is 338 g/mol. The molecule has 1 amide bonds. The smallest absolute Gasteiger partial charge is 0.274 e. The molecule has 25 heavy (non-hydrogen) atoms. The Hall–Kier alpha value is -2.92. The van der Waals surface area contributed by atoms with Gasteiger partial charge in [0.1, 0.15) is 5.69 Å². The van der Waals surface area contributed by atoms with Crippen molar-refractivity contribution in [3.63, 3.8) is 0 Å². The summed E-state index contributed by atoms with van der Waals surface area (Å²) >= 11 is 6.15. The molecule has 0 radical (unpaired) electrons. The van der Waals surface area contributed by atoms with E-state index in [1.54, 1.807) is 25.2 Å². The summed E-state index contributed by atoms with van der Waals surface area (Å²) in [5.74, 6) is -0.287. The van der Waals surface area contributed by atoms with E-state index in [1.807, 2.05) is 36.4 Å². The molecule has 126 valence electrons. The molecule has 0 aliphatic rings. The van der Waals surface area contributed by atoms with Crippen LogP contribution in [0.3, 0.4) is 0 Å². The van der Waals surface area contributed by atoms with Gasteiger partial charge >= 0.3 is 0 Å². The first-order valence-corrected chi connectivity index (χ1v) is 8.09. The van der Waals surface area contributed by atoms with E-state index in [1.165, 1.54) is 21.7 Å². The van der Waals surface area contributed by atoms with Gasteiger partial charge in [0.15, 0.2) is 0 Å². The molecular formula is C19H16ClN3O2. The van der Waals surface area contributed by atoms with Crippen LogP contribution in [0.4, 0.5) is 0 Å². The maximum atomic E-state index is 12.7. The van der Waals surface area contributed by atoms with Gasteiger partial charge in [-0.05, 0) is 29.8 Å². The van der Waals surface area contributed by atoms with Crippen LogP contribution in [-0.4, -0.2) is 27.6 Å². The second-order valence-electron chi connectivity index (χ2n) is 5.56. The van der Waals surface area contributed by atoms with E-state index >= 15 is 0 Å². The largest absolute Gasteiger partial charge is 0.336 e. The van der Waals surface area contributed by atoms with Crippen LogP contribution >= 0.6 is 11.6 Å². The minimum absolute atomic E-state index is 0.193. The monoisotopic (exact) mass is 353 g/mol. The van der Waals surface area contributed by atoms with E-state index in [2.05, 4.69) is 5.10 Å². The first kappa shape index (κ1) is 16.9. The lowest BCUT2D eigenvalue weighted by molar-refractivity contribution is 0.0777. The topological polar surface area (TPSA) is 55.2 Å². The molecule has 0 saturated heterocycles. The molecule has 0 saturated carbocycles. The van der Waals surface area contributed by atoms with E-state index < -0.39 is 0 Å². The van der Waals surface area contributed by atoms with Crippen LogP contribution < -0.4 is 5.56 Å². The van der Waals surface area contributed by atoms with Crippen molar-refractivity contribution < 1.29 is 4.79 Å². The molecule has 0 fully saturated rings. The van der Waals surface area contributed by atoms with E-state index in [0.29, 0.717) is 17.3 Å². The van der Waals surface area contributed by atoms with Crippen LogP contribution in [0, 0.1) is 0 Å². The third-order valence-electron chi connectivity index (χ3n) is 3.73. The summed E-state index contributed by atoms with van der Waals surface area (Å²) in [5.41, 5.74) is 1.35. The average molecular weight is 354 g/mol. The molecule has 1 heterocycles. The van der Waals surface area contributed by atoms with Crippen molar-refractivity contribution in [3.05, 3.63) is 93.4 Å². The summed E-state index contributed by atoms with van der Waals surface area (Å²) in [6, 6.07) is 19.1. The molecule has 0 aliphatic heterocycles. The zero-order valence-corrected chi connectivity index (χ0v) is 14.3. The van der Waals surface area contributed by atoms with Crippen LogP contribution in [0.1, 0.15) is 16.1 Å². The fraction of sp³-hybridized carbons (Fsp3) is 0.105. The van der Waals surface area contributed by atoms with E-state index in [0.717, 1.165) is 5.56 Å². The highest BCUT2D eigenvalue weighted by Crippen LogP contribution is 2.17. The standard InChI is InChI=1S/C19H16ClN3O2/c1-22(13-14-7-5-6-10-16(14)20)19(25)17-11-12-18(24)23(21-17)15-8-3-2-4-9-15/h2-12H,13H2,1H3. The van der Waals surface area contributed by atoms with Crippen molar-refractivity contribution >= 4 is 17.5 Å². The zero-order chi connectivity index (χ0) is 17.8. The average Bonchev–Trinajstić information content (AvgIpc) is 2.64. The number of carbonyl (C=O) groups is 1. The molecule has 0 unspecified atom stereocenters. The number of nitrogens with zero attached hydrogens (tertiary/aromatic N) is 3. The van der Waals surface area contributed by atoms with Crippen molar-refractivity contribution in [1.82, 2.24) is 14.7 Å². The van der Waals surface area contributed by atoms with Crippen LogP contribution in [-0.2, 0) is 6.54 Å². The Kier molecular flexibility index (Phi) is 4.95. The molecule has 3 rings (SSSR count). The van der Waals surface area contributed by atoms with Crippen LogP contribution in [0.15, 0.2) is 71.5 Å². The number of hydrogen-bond acceptors (Lipinski definition) is 3. The molecule has 6 heteroatoms. The number of para-hydroxylation sites is 1. The number of aromatic nitrogens is 2. The number of benzene rings is 2. The Bertz CT molecular complexity index is 954. The van der Waals surface area contributed by atoms with Gasteiger partial charge < -0.3 is 4.90 Å². The number of amides is 1. The highest BCUT2D eigenvalue weighted by molar-refractivity contribution is 6.31. The first-order valence-electron chi connectivity index (χ1n) is 7.71. The first-order chi connectivity index (χ1) is 12.1. The molecule has 0 spiro atoms. The predicted octanol–water partition coefficient (Wildman–Crippen LogP) is 3.16. The Morgan fingerprint density at radius 1 is 1.04 bits per heavy atom. The highest BCUT2D eigenvalue weighted by Gasteiger charge is 2.16. The van der Waals surface area contributed by atoms with Gasteiger partial charge in [-0.15, -0.1) is 0 Å². The lowest BCUT2D eigenvalue weighted by atomic mass is 10.2. The second kappa shape index (κ2) is 7.32. The zero-order valence-electron chi connectivity index (χ0n) is 13.6. The molecule has 0 bridgehead atoms. The lowest BCUT2D eigenvalue weighted by Crippen LogP contribution is -2.30. The van der Waals surface area contributed by atoms with Gasteiger partial charge in [-0.1, -0.05) is 48.0 Å². The Balaban J connectivity index is 1.87. The summed E-state index contributed by atoms with van der Waals surface area (Å²) < 4.78 is 1.22. The fourth-order valence-electron chi connectivity index (χ4n) is 2.43. The normalized spacial score (nSPS) is 10.5. The van der Waals surface area contributed by atoms with Crippen molar-refractivity contribution in [2.45, 2.75) is 6.54 Å². The van der Waals surface area contributed by atoms with Gasteiger partial charge in [-0.25, -0.2) is 0 Å². The highest BCUT2D eigenvalue weighted by atomic mass is 35.5. The van der Waals surface area contributed by atoms with Gasteiger partial charge in [0.05, 0.1) is 5.69 Å². The number of hydrogen-bond donors (Lipinski definition) is 0. The molecule has 3 aromatic rings. The summed E-state index contributed by atoms with van der Waals surface area (Å²) in [5, 5.41) is 4.81. The Morgan fingerprint density at radius 3 is 2.44 bits per heavy atom. The molecule has 1 aromatic heterocycles. The number of carbonyl (C=O) groups excluding carboxylic acids is 1. The van der Waals surface area contributed by atoms with Gasteiger partial charge in [-0.2, -0.15) is 9.78 Å². The molecule has 5 nitrogen and oxygen atoms in total. The molecule has 0 atom stereocenters. The van der Waals surface area contributed by atoms with E-state index in [4.69, 9.17) is 11.6 Å². The van der Waals surface area contributed by atoms with Gasteiger partial charge in [0.25, 0.3) is 11.5 Å². The van der Waals surface area contributed by atoms with Gasteiger partial charge in [0.2, 0.25) is 0 Å². The summed E-state index contributed by atoms with van der Waals surface area (Å²) in [7, 11) is 1.67. The van der Waals surface area contributed by atoms with E-state index in [-0.39, 0.29) is 17.2 Å². The summed E-state index contributed by atoms with van der Waals surface area (Å²) in [6.45, 7) is 0.352. The molecule has 0 N–H and O–H groups in total. The Morgan fingerprint density at radius 2 is 1.72 bits per heavy atom. The van der Waals surface area contributed by atoms with E-state index in [9.17, 15) is 9.59 Å². The number of halogens is 1. The molecule has 2 aromatic carbocycles. The van der Waals surface area contributed by atoms with Crippen molar-refractivity contribution in [2.75, 3.05) is 7.05 Å². The van der Waals surface area contributed by atoms with Crippen LogP contribution in [0.2, 0.25) is 5.02 Å². The predicted molar refractivity (Wildman–Crippen MR) is 97.1 cm³/mol. The quantitative estimate of drug-likeness (QED) is 0.724. The second-order valence-corrected chi connectivity index (χ2v) is 5.96. The van der Waals surface area contributed by atoms with Crippen LogP contribution in [0.5, 0.6) is 0 Å². The number of rotatable bonds is 4. The maximum Gasteiger partial charge on any atom is 0.274 e. The summed E-state index contributed by atoms with van der Waals surface area (Å²) in [6.07, 6.45) is 0. The van der Waals surface area contributed by atoms with Crippen molar-refractivity contribution in [2.24, 2.45) is 0 Å². The SMILES string of the molecule is CN(Cc1ccccc1Cl)C(=O)c1ccc(=O)n(-c2ccccc2)n1. The van der Waals surface area contributed by atoms with Crippen LogP contribution in [0.25, 0.3) is 5.69 Å². The maximum absolute atomic E-state index is 12.7. The van der Waals surface area contributed by atoms with Gasteiger partial charge in [0, 0.05) is 24.7 Å². The fourth-order valence-corrected chi connectivity index (χ4v) is 2.62. The third kappa shape index (κ3) is 3.78. The minimum atomic E-state index is -0.295. The molecule has 0 aliphatic carbocycles. The third-order valence-corrected chi connectivity index (χ3v) is 4.10.